The molecule has 17 heavy (non-hydrogen) atoms. The van der Waals surface area contributed by atoms with Gasteiger partial charge in [-0.05, 0) is 6.92 Å². The summed E-state index contributed by atoms with van der Waals surface area (Å²) in [5.41, 5.74) is 0. The van der Waals surface area contributed by atoms with Crippen molar-refractivity contribution >= 4 is 21.8 Å². The summed E-state index contributed by atoms with van der Waals surface area (Å²) >= 11 is 0. The van der Waals surface area contributed by atoms with Crippen LogP contribution < -0.4 is 5.32 Å². The van der Waals surface area contributed by atoms with Gasteiger partial charge in [0.05, 0.1) is 12.2 Å². The van der Waals surface area contributed by atoms with E-state index in [4.69, 9.17) is 5.11 Å². The van der Waals surface area contributed by atoms with E-state index in [-0.39, 0.29) is 18.7 Å². The average Bonchev–Trinajstić information content (AvgIpc) is 2.10. The summed E-state index contributed by atoms with van der Waals surface area (Å²) in [5, 5.41) is 10.9. The Labute approximate surface area is 101 Å². The van der Waals surface area contributed by atoms with Crippen molar-refractivity contribution < 1.29 is 23.1 Å². The number of rotatable bonds is 6. The van der Waals surface area contributed by atoms with Crippen molar-refractivity contribution in [2.24, 2.45) is 0 Å². The number of sulfone groups is 1. The van der Waals surface area contributed by atoms with Crippen LogP contribution in [-0.2, 0) is 14.6 Å². The van der Waals surface area contributed by atoms with E-state index in [1.54, 1.807) is 6.92 Å². The molecule has 0 aliphatic rings. The molecule has 0 saturated heterocycles. The highest BCUT2D eigenvalue weighted by Gasteiger charge is 2.16. The van der Waals surface area contributed by atoms with Crippen LogP contribution in [0.3, 0.4) is 0 Å². The number of carboxylic acids is 1. The van der Waals surface area contributed by atoms with Crippen molar-refractivity contribution in [3.63, 3.8) is 0 Å². The molecule has 0 bridgehead atoms. The predicted octanol–water partition coefficient (Wildman–Crippen LogP) is -0.464. The quantitative estimate of drug-likeness (QED) is 0.676. The molecule has 0 aliphatic carbocycles. The van der Waals surface area contributed by atoms with E-state index in [9.17, 15) is 18.0 Å². The number of urea groups is 1. The number of aliphatic carboxylic acids is 1. The van der Waals surface area contributed by atoms with Gasteiger partial charge in [-0.3, -0.25) is 4.79 Å². The molecule has 1 unspecified atom stereocenters. The number of carbonyl (C=O) groups excluding carboxylic acids is 1. The number of carbonyl (C=O) groups is 2. The van der Waals surface area contributed by atoms with Gasteiger partial charge in [0.2, 0.25) is 0 Å². The van der Waals surface area contributed by atoms with Crippen LogP contribution in [0.2, 0.25) is 0 Å². The molecule has 8 heteroatoms. The van der Waals surface area contributed by atoms with Crippen molar-refractivity contribution in [1.29, 1.82) is 0 Å². The minimum atomic E-state index is -3.15. The Morgan fingerprint density at radius 1 is 1.41 bits per heavy atom. The maximum Gasteiger partial charge on any atom is 0.317 e. The minimum absolute atomic E-state index is 0.0762. The lowest BCUT2D eigenvalue weighted by atomic mass is 10.4. The topological polar surface area (TPSA) is 104 Å². The third kappa shape index (κ3) is 8.49. The molecule has 7 nitrogen and oxygen atoms in total. The lowest BCUT2D eigenvalue weighted by Gasteiger charge is -2.20. The van der Waals surface area contributed by atoms with Gasteiger partial charge >= 0.3 is 12.0 Å². The monoisotopic (exact) mass is 266 g/mol. The molecule has 1 atom stereocenters. The fraction of sp³-hybridized carbons (Fsp3) is 0.778. The fourth-order valence-electron chi connectivity index (χ4n) is 1.18. The molecule has 0 spiro atoms. The highest BCUT2D eigenvalue weighted by Crippen LogP contribution is 1.94. The summed E-state index contributed by atoms with van der Waals surface area (Å²) in [6.07, 6.45) is 0.939. The third-order valence-corrected chi connectivity index (χ3v) is 3.04. The first-order valence-electron chi connectivity index (χ1n) is 5.03. The molecular formula is C9H18N2O5S. The Hall–Kier alpha value is -1.31. The normalized spacial score (nSPS) is 12.9. The van der Waals surface area contributed by atoms with Gasteiger partial charge < -0.3 is 15.3 Å². The van der Waals surface area contributed by atoms with Gasteiger partial charge in [-0.2, -0.15) is 0 Å². The van der Waals surface area contributed by atoms with E-state index in [0.29, 0.717) is 0 Å². The molecule has 0 radical (unpaired) electrons. The second-order valence-corrected chi connectivity index (χ2v) is 6.19. The lowest BCUT2D eigenvalue weighted by molar-refractivity contribution is -0.137. The molecule has 0 aliphatic heterocycles. The van der Waals surface area contributed by atoms with E-state index in [0.717, 1.165) is 6.26 Å². The molecule has 0 aromatic carbocycles. The number of hydrogen-bond acceptors (Lipinski definition) is 4. The highest BCUT2D eigenvalue weighted by molar-refractivity contribution is 7.90. The van der Waals surface area contributed by atoms with Crippen LogP contribution in [0.4, 0.5) is 4.79 Å². The summed E-state index contributed by atoms with van der Waals surface area (Å²) in [5.74, 6) is -1.14. The highest BCUT2D eigenvalue weighted by atomic mass is 32.2. The van der Waals surface area contributed by atoms with Gasteiger partial charge in [0.1, 0.15) is 9.84 Å². The molecule has 0 aromatic rings. The zero-order chi connectivity index (χ0) is 13.6. The molecular weight excluding hydrogens is 248 g/mol. The Kier molecular flexibility index (Phi) is 5.94. The van der Waals surface area contributed by atoms with Gasteiger partial charge in [-0.25, -0.2) is 13.2 Å². The van der Waals surface area contributed by atoms with Gasteiger partial charge in [0, 0.05) is 25.9 Å². The summed E-state index contributed by atoms with van der Waals surface area (Å²) < 4.78 is 21.9. The summed E-state index contributed by atoms with van der Waals surface area (Å²) in [7, 11) is -1.70. The smallest absolute Gasteiger partial charge is 0.317 e. The Morgan fingerprint density at radius 2 is 1.94 bits per heavy atom. The van der Waals surface area contributed by atoms with Crippen molar-refractivity contribution in [1.82, 2.24) is 10.2 Å². The Balaban J connectivity index is 4.11. The van der Waals surface area contributed by atoms with Gasteiger partial charge in [0.15, 0.2) is 0 Å². The molecule has 2 amide bonds. The zero-order valence-electron chi connectivity index (χ0n) is 10.1. The second kappa shape index (κ2) is 6.43. The van der Waals surface area contributed by atoms with E-state index in [1.165, 1.54) is 11.9 Å². The summed E-state index contributed by atoms with van der Waals surface area (Å²) in [6.45, 7) is 1.65. The minimum Gasteiger partial charge on any atom is -0.481 e. The van der Waals surface area contributed by atoms with Crippen LogP contribution >= 0.6 is 0 Å². The van der Waals surface area contributed by atoms with Crippen LogP contribution in [-0.4, -0.2) is 62.1 Å². The SMILES string of the molecule is CC(CS(C)(=O)=O)NC(=O)N(C)CCC(=O)O. The fourth-order valence-corrected chi connectivity index (χ4v) is 2.17. The number of carboxylic acid groups (broad SMARTS) is 1. The molecule has 0 heterocycles. The van der Waals surface area contributed by atoms with Crippen LogP contribution in [0.25, 0.3) is 0 Å². The van der Waals surface area contributed by atoms with Crippen molar-refractivity contribution in [3.05, 3.63) is 0 Å². The lowest BCUT2D eigenvalue weighted by Crippen LogP contribution is -2.44. The van der Waals surface area contributed by atoms with Crippen LogP contribution in [0.15, 0.2) is 0 Å². The van der Waals surface area contributed by atoms with Crippen molar-refractivity contribution in [2.45, 2.75) is 19.4 Å². The van der Waals surface area contributed by atoms with Crippen molar-refractivity contribution in [3.8, 4) is 0 Å². The Morgan fingerprint density at radius 3 is 2.35 bits per heavy atom. The number of hydrogen-bond donors (Lipinski definition) is 2. The van der Waals surface area contributed by atoms with E-state index >= 15 is 0 Å². The third-order valence-electron chi connectivity index (χ3n) is 1.93. The van der Waals surface area contributed by atoms with Gasteiger partial charge in [0.25, 0.3) is 0 Å². The number of nitrogens with one attached hydrogen (secondary N) is 1. The van der Waals surface area contributed by atoms with E-state index < -0.39 is 27.9 Å². The predicted molar refractivity (Wildman–Crippen MR) is 62.6 cm³/mol. The zero-order valence-corrected chi connectivity index (χ0v) is 11.0. The second-order valence-electron chi connectivity index (χ2n) is 4.01. The van der Waals surface area contributed by atoms with Gasteiger partial charge in [-0.1, -0.05) is 0 Å². The first-order valence-corrected chi connectivity index (χ1v) is 7.09. The molecule has 0 fully saturated rings. The summed E-state index contributed by atoms with van der Waals surface area (Å²) in [6, 6.07) is -0.993. The maximum absolute atomic E-state index is 11.5. The van der Waals surface area contributed by atoms with Crippen LogP contribution in [0.1, 0.15) is 13.3 Å². The average molecular weight is 266 g/mol. The van der Waals surface area contributed by atoms with E-state index in [1.807, 2.05) is 0 Å². The maximum atomic E-state index is 11.5. The van der Waals surface area contributed by atoms with E-state index in [2.05, 4.69) is 5.32 Å². The van der Waals surface area contributed by atoms with Crippen LogP contribution in [0.5, 0.6) is 0 Å². The van der Waals surface area contributed by atoms with Crippen LogP contribution in [0, 0.1) is 0 Å². The first-order chi connectivity index (χ1) is 7.61. The molecule has 0 aromatic heterocycles. The molecule has 2 N–H and O–H groups in total. The molecule has 0 saturated carbocycles. The van der Waals surface area contributed by atoms with Gasteiger partial charge in [-0.15, -0.1) is 0 Å². The largest absolute Gasteiger partial charge is 0.481 e. The standard InChI is InChI=1S/C9H18N2O5S/c1-7(6-17(3,15)16)10-9(14)11(2)5-4-8(12)13/h7H,4-6H2,1-3H3,(H,10,14)(H,12,13). The summed E-state index contributed by atoms with van der Waals surface area (Å²) in [4.78, 5) is 23.0. The number of nitrogens with zero attached hydrogens (tertiary/aromatic N) is 1. The Bertz CT molecular complexity index is 379. The first kappa shape index (κ1) is 15.7. The number of amides is 2. The molecule has 0 rings (SSSR count). The molecule has 100 valence electrons. The van der Waals surface area contributed by atoms with Crippen molar-refractivity contribution in [2.75, 3.05) is 25.6 Å².